The van der Waals surface area contributed by atoms with Crippen LogP contribution in [0.1, 0.15) is 34.3 Å². The van der Waals surface area contributed by atoms with E-state index >= 15 is 0 Å². The van der Waals surface area contributed by atoms with Gasteiger partial charge in [-0.1, -0.05) is 23.8 Å². The van der Waals surface area contributed by atoms with Crippen molar-refractivity contribution >= 4 is 17.5 Å². The smallest absolute Gasteiger partial charge is 0.338 e. The summed E-state index contributed by atoms with van der Waals surface area (Å²) in [6, 6.07) is 12.2. The minimum Gasteiger partial charge on any atom is -0.338 e. The molecule has 2 aliphatic rings. The lowest BCUT2D eigenvalue weighted by Gasteiger charge is -2.24. The van der Waals surface area contributed by atoms with Crippen LogP contribution in [-0.4, -0.2) is 36.3 Å². The highest BCUT2D eigenvalue weighted by Gasteiger charge is 2.49. The Kier molecular flexibility index (Phi) is 4.63. The highest BCUT2D eigenvalue weighted by atomic mass is 19.4. The molecule has 7 heteroatoms. The summed E-state index contributed by atoms with van der Waals surface area (Å²) in [5.41, 5.74) is 0.781. The largest absolute Gasteiger partial charge is 0.416 e. The van der Waals surface area contributed by atoms with Crippen LogP contribution in [-0.2, 0) is 11.0 Å². The molecule has 0 aromatic heterocycles. The normalized spacial score (nSPS) is 22.0. The number of likely N-dealkylation sites (tertiary alicyclic amines) is 1. The van der Waals surface area contributed by atoms with Gasteiger partial charge in [0.15, 0.2) is 0 Å². The van der Waals surface area contributed by atoms with Crippen molar-refractivity contribution in [2.75, 3.05) is 24.5 Å². The summed E-state index contributed by atoms with van der Waals surface area (Å²) in [7, 11) is 0. The van der Waals surface area contributed by atoms with Crippen molar-refractivity contribution in [3.05, 3.63) is 65.2 Å². The molecule has 2 saturated heterocycles. The van der Waals surface area contributed by atoms with Crippen LogP contribution in [0.5, 0.6) is 0 Å². The van der Waals surface area contributed by atoms with Gasteiger partial charge in [-0.05, 0) is 43.7 Å². The number of halogens is 3. The first-order chi connectivity index (χ1) is 13.7. The van der Waals surface area contributed by atoms with Gasteiger partial charge in [0, 0.05) is 42.7 Å². The maximum atomic E-state index is 13.0. The zero-order valence-electron chi connectivity index (χ0n) is 16.0. The molecule has 2 heterocycles. The third-order valence-corrected chi connectivity index (χ3v) is 5.83. The topological polar surface area (TPSA) is 40.6 Å². The molecule has 0 N–H and O–H groups in total. The summed E-state index contributed by atoms with van der Waals surface area (Å²) < 4.78 is 38.9. The number of anilines is 1. The van der Waals surface area contributed by atoms with Gasteiger partial charge in [0.1, 0.15) is 0 Å². The third kappa shape index (κ3) is 3.73. The maximum Gasteiger partial charge on any atom is 0.416 e. The number of amides is 2. The van der Waals surface area contributed by atoms with Crippen molar-refractivity contribution in [2.24, 2.45) is 5.41 Å². The monoisotopic (exact) mass is 402 g/mol. The molecule has 29 heavy (non-hydrogen) atoms. The Labute approximate surface area is 166 Å². The van der Waals surface area contributed by atoms with Crippen molar-refractivity contribution in [3.8, 4) is 0 Å². The van der Waals surface area contributed by atoms with Crippen molar-refractivity contribution in [3.63, 3.8) is 0 Å². The zero-order chi connectivity index (χ0) is 20.8. The summed E-state index contributed by atoms with van der Waals surface area (Å²) in [6.45, 7) is 3.30. The molecule has 1 atom stereocenters. The van der Waals surface area contributed by atoms with Crippen LogP contribution in [0.3, 0.4) is 0 Å². The van der Waals surface area contributed by atoms with E-state index in [1.165, 1.54) is 12.1 Å². The van der Waals surface area contributed by atoms with Crippen molar-refractivity contribution in [1.29, 1.82) is 0 Å². The molecule has 0 bridgehead atoms. The second-order valence-corrected chi connectivity index (χ2v) is 8.05. The summed E-state index contributed by atoms with van der Waals surface area (Å²) in [4.78, 5) is 28.7. The highest BCUT2D eigenvalue weighted by Crippen LogP contribution is 2.42. The summed E-state index contributed by atoms with van der Waals surface area (Å²) >= 11 is 0. The lowest BCUT2D eigenvalue weighted by Crippen LogP contribution is -2.34. The lowest BCUT2D eigenvalue weighted by atomic mass is 9.86. The van der Waals surface area contributed by atoms with Crippen LogP contribution in [0.2, 0.25) is 0 Å². The Balaban J connectivity index is 1.50. The number of aryl methyl sites for hydroxylation is 1. The number of benzene rings is 2. The number of carbonyl (C=O) groups excluding carboxylic acids is 2. The maximum absolute atomic E-state index is 13.0. The standard InChI is InChI=1S/C22H21F3N2O2/c1-15-5-7-18(8-6-15)27-14-21(12-19(27)28)9-10-26(13-21)20(29)16-3-2-4-17(11-16)22(23,24)25/h2-8,11H,9-10,12-14H2,1H3/t21-/m0/s1. The van der Waals surface area contributed by atoms with Gasteiger partial charge >= 0.3 is 6.18 Å². The summed E-state index contributed by atoms with van der Waals surface area (Å²) in [5, 5.41) is 0. The molecule has 0 unspecified atom stereocenters. The van der Waals surface area contributed by atoms with Gasteiger partial charge in [0.05, 0.1) is 5.56 Å². The lowest BCUT2D eigenvalue weighted by molar-refractivity contribution is -0.137. The Hall–Kier alpha value is -2.83. The van der Waals surface area contributed by atoms with E-state index in [2.05, 4.69) is 0 Å². The van der Waals surface area contributed by atoms with Gasteiger partial charge < -0.3 is 9.80 Å². The molecule has 4 nitrogen and oxygen atoms in total. The zero-order valence-corrected chi connectivity index (χ0v) is 16.0. The van der Waals surface area contributed by atoms with Gasteiger partial charge in [0.2, 0.25) is 5.91 Å². The van der Waals surface area contributed by atoms with Crippen molar-refractivity contribution in [1.82, 2.24) is 4.90 Å². The van der Waals surface area contributed by atoms with Crippen molar-refractivity contribution < 1.29 is 22.8 Å². The fourth-order valence-electron chi connectivity index (χ4n) is 4.25. The Bertz CT molecular complexity index is 955. The molecule has 0 radical (unpaired) electrons. The average molecular weight is 402 g/mol. The molecule has 0 saturated carbocycles. The molecule has 2 aromatic rings. The van der Waals surface area contributed by atoms with Gasteiger partial charge in [-0.15, -0.1) is 0 Å². The third-order valence-electron chi connectivity index (χ3n) is 5.83. The molecule has 152 valence electrons. The predicted molar refractivity (Wildman–Crippen MR) is 103 cm³/mol. The van der Waals surface area contributed by atoms with E-state index in [0.29, 0.717) is 32.5 Å². The van der Waals surface area contributed by atoms with Gasteiger partial charge in [-0.2, -0.15) is 13.2 Å². The van der Waals surface area contributed by atoms with Crippen LogP contribution in [0, 0.1) is 12.3 Å². The van der Waals surface area contributed by atoms with Crippen LogP contribution >= 0.6 is 0 Å². The molecule has 2 aromatic carbocycles. The SMILES string of the molecule is Cc1ccc(N2C[C@@]3(CCN(C(=O)c4cccc(C(F)(F)F)c4)C3)CC2=O)cc1. The van der Waals surface area contributed by atoms with E-state index < -0.39 is 17.6 Å². The number of hydrogen-bond donors (Lipinski definition) is 0. The van der Waals surface area contributed by atoms with Crippen LogP contribution in [0.4, 0.5) is 18.9 Å². The average Bonchev–Trinajstić information content (AvgIpc) is 3.24. The number of alkyl halides is 3. The quantitative estimate of drug-likeness (QED) is 0.752. The first-order valence-electron chi connectivity index (χ1n) is 9.51. The van der Waals surface area contributed by atoms with E-state index in [4.69, 9.17) is 0 Å². The highest BCUT2D eigenvalue weighted by molar-refractivity contribution is 5.97. The minimum absolute atomic E-state index is 0.0159. The second kappa shape index (κ2) is 6.90. The number of hydrogen-bond acceptors (Lipinski definition) is 2. The van der Waals surface area contributed by atoms with E-state index in [0.717, 1.165) is 23.4 Å². The van der Waals surface area contributed by atoms with Crippen LogP contribution in [0.25, 0.3) is 0 Å². The van der Waals surface area contributed by atoms with Gasteiger partial charge in [0.25, 0.3) is 5.91 Å². The second-order valence-electron chi connectivity index (χ2n) is 8.05. The fraction of sp³-hybridized carbons (Fsp3) is 0.364. The van der Waals surface area contributed by atoms with E-state index in [-0.39, 0.29) is 16.9 Å². The minimum atomic E-state index is -4.49. The Morgan fingerprint density at radius 2 is 1.79 bits per heavy atom. The fourth-order valence-corrected chi connectivity index (χ4v) is 4.25. The molecule has 4 rings (SSSR count). The number of nitrogens with zero attached hydrogens (tertiary/aromatic N) is 2. The molecular formula is C22H21F3N2O2. The molecule has 1 spiro atoms. The summed E-state index contributed by atoms with van der Waals surface area (Å²) in [5.74, 6) is -0.406. The van der Waals surface area contributed by atoms with Crippen LogP contribution < -0.4 is 4.90 Å². The van der Waals surface area contributed by atoms with Crippen molar-refractivity contribution in [2.45, 2.75) is 25.9 Å². The van der Waals surface area contributed by atoms with E-state index in [9.17, 15) is 22.8 Å². The molecule has 2 amide bonds. The first kappa shape index (κ1) is 19.5. The van der Waals surface area contributed by atoms with E-state index in [1.54, 1.807) is 9.80 Å². The number of rotatable bonds is 2. The van der Waals surface area contributed by atoms with Crippen LogP contribution in [0.15, 0.2) is 48.5 Å². The predicted octanol–water partition coefficient (Wildman–Crippen LogP) is 4.28. The van der Waals surface area contributed by atoms with Gasteiger partial charge in [-0.3, -0.25) is 9.59 Å². The molecule has 0 aliphatic carbocycles. The molecule has 2 aliphatic heterocycles. The summed E-state index contributed by atoms with van der Waals surface area (Å²) in [6.07, 6.45) is -3.49. The first-order valence-corrected chi connectivity index (χ1v) is 9.51. The van der Waals surface area contributed by atoms with Gasteiger partial charge in [-0.25, -0.2) is 0 Å². The number of carbonyl (C=O) groups is 2. The Morgan fingerprint density at radius 1 is 1.07 bits per heavy atom. The molecular weight excluding hydrogens is 381 g/mol. The molecule has 2 fully saturated rings. The Morgan fingerprint density at radius 3 is 2.48 bits per heavy atom. The van der Waals surface area contributed by atoms with E-state index in [1.807, 2.05) is 31.2 Å².